The Labute approximate surface area is 87.7 Å². The molecule has 1 rings (SSSR count). The van der Waals surface area contributed by atoms with Crippen LogP contribution in [0.4, 0.5) is 5.69 Å². The highest BCUT2D eigenvalue weighted by atomic mass is 32.2. The fourth-order valence-electron chi connectivity index (χ4n) is 0.989. The molecule has 0 atom stereocenters. The van der Waals surface area contributed by atoms with Crippen molar-refractivity contribution >= 4 is 17.4 Å². The van der Waals surface area contributed by atoms with Gasteiger partial charge >= 0.3 is 0 Å². The van der Waals surface area contributed by atoms with Crippen LogP contribution in [0.2, 0.25) is 0 Å². The van der Waals surface area contributed by atoms with Gasteiger partial charge in [-0.3, -0.25) is 10.1 Å². The van der Waals surface area contributed by atoms with Crippen LogP contribution in [0.3, 0.4) is 0 Å². The van der Waals surface area contributed by atoms with Gasteiger partial charge in [0.15, 0.2) is 0 Å². The standard InChI is InChI=1S/C10H13NO2S/c1-10(2,3)14-9-6-4-8(5-7-9)11(12)13/h4-7H,1-3H3. The van der Waals surface area contributed by atoms with Gasteiger partial charge in [-0.15, -0.1) is 11.8 Å². The lowest BCUT2D eigenvalue weighted by atomic mass is 10.3. The number of non-ortho nitro benzene ring substituents is 1. The third kappa shape index (κ3) is 3.38. The third-order valence-electron chi connectivity index (χ3n) is 1.47. The maximum atomic E-state index is 10.4. The molecule has 0 saturated carbocycles. The molecule has 0 saturated heterocycles. The first-order valence-corrected chi connectivity index (χ1v) is 5.13. The van der Waals surface area contributed by atoms with Gasteiger partial charge in [0, 0.05) is 21.8 Å². The molecule has 0 amide bonds. The maximum Gasteiger partial charge on any atom is 0.269 e. The second-order valence-corrected chi connectivity index (χ2v) is 5.87. The van der Waals surface area contributed by atoms with E-state index in [0.29, 0.717) is 0 Å². The molecule has 3 nitrogen and oxygen atoms in total. The van der Waals surface area contributed by atoms with Crippen molar-refractivity contribution < 1.29 is 4.92 Å². The average Bonchev–Trinajstić information content (AvgIpc) is 2.02. The average molecular weight is 211 g/mol. The Morgan fingerprint density at radius 2 is 1.71 bits per heavy atom. The fraction of sp³-hybridized carbons (Fsp3) is 0.400. The van der Waals surface area contributed by atoms with Gasteiger partial charge in [0.25, 0.3) is 5.69 Å². The van der Waals surface area contributed by atoms with Crippen molar-refractivity contribution in [2.24, 2.45) is 0 Å². The lowest BCUT2D eigenvalue weighted by Crippen LogP contribution is -2.06. The Bertz CT molecular complexity index is 327. The molecule has 0 N–H and O–H groups in total. The van der Waals surface area contributed by atoms with Gasteiger partial charge in [-0.25, -0.2) is 0 Å². The lowest BCUT2D eigenvalue weighted by molar-refractivity contribution is -0.384. The van der Waals surface area contributed by atoms with Crippen LogP contribution in [0.25, 0.3) is 0 Å². The molecule has 0 aliphatic carbocycles. The van der Waals surface area contributed by atoms with Crippen molar-refractivity contribution in [3.05, 3.63) is 34.4 Å². The van der Waals surface area contributed by atoms with Crippen molar-refractivity contribution in [3.8, 4) is 0 Å². The molecule has 0 aliphatic heterocycles. The minimum atomic E-state index is -0.383. The van der Waals surface area contributed by atoms with Crippen LogP contribution < -0.4 is 0 Å². The first kappa shape index (κ1) is 11.0. The second-order valence-electron chi connectivity index (χ2n) is 3.97. The Morgan fingerprint density at radius 3 is 2.07 bits per heavy atom. The number of nitro benzene ring substituents is 1. The zero-order valence-electron chi connectivity index (χ0n) is 8.48. The summed E-state index contributed by atoms with van der Waals surface area (Å²) < 4.78 is 0.135. The topological polar surface area (TPSA) is 43.1 Å². The van der Waals surface area contributed by atoms with E-state index < -0.39 is 0 Å². The van der Waals surface area contributed by atoms with Gasteiger partial charge < -0.3 is 0 Å². The first-order valence-electron chi connectivity index (χ1n) is 4.32. The Kier molecular flexibility index (Phi) is 3.16. The molecule has 0 fully saturated rings. The van der Waals surface area contributed by atoms with Gasteiger partial charge in [-0.1, -0.05) is 20.8 Å². The number of nitrogens with zero attached hydrogens (tertiary/aromatic N) is 1. The summed E-state index contributed by atoms with van der Waals surface area (Å²) in [5.74, 6) is 0. The molecule has 1 aromatic rings. The van der Waals surface area contributed by atoms with Crippen molar-refractivity contribution in [2.75, 3.05) is 0 Å². The summed E-state index contributed by atoms with van der Waals surface area (Å²) in [5, 5.41) is 10.4. The highest BCUT2D eigenvalue weighted by Crippen LogP contribution is 2.32. The van der Waals surface area contributed by atoms with Crippen LogP contribution in [-0.4, -0.2) is 9.67 Å². The molecule has 0 aliphatic rings. The molecule has 0 bridgehead atoms. The zero-order chi connectivity index (χ0) is 10.8. The molecule has 0 unspecified atom stereocenters. The highest BCUT2D eigenvalue weighted by molar-refractivity contribution is 8.00. The summed E-state index contributed by atoms with van der Waals surface area (Å²) in [6.07, 6.45) is 0. The van der Waals surface area contributed by atoms with Crippen molar-refractivity contribution in [1.82, 2.24) is 0 Å². The molecular formula is C10H13NO2S. The van der Waals surface area contributed by atoms with Crippen LogP contribution in [0, 0.1) is 10.1 Å². The molecule has 14 heavy (non-hydrogen) atoms. The fourth-order valence-corrected chi connectivity index (χ4v) is 1.97. The Balaban J connectivity index is 2.79. The zero-order valence-corrected chi connectivity index (χ0v) is 9.30. The summed E-state index contributed by atoms with van der Waals surface area (Å²) >= 11 is 1.70. The van der Waals surface area contributed by atoms with Gasteiger partial charge in [0.2, 0.25) is 0 Å². The van der Waals surface area contributed by atoms with E-state index in [-0.39, 0.29) is 15.4 Å². The van der Waals surface area contributed by atoms with Crippen LogP contribution >= 0.6 is 11.8 Å². The minimum Gasteiger partial charge on any atom is -0.258 e. The summed E-state index contributed by atoms with van der Waals surface area (Å²) in [7, 11) is 0. The van der Waals surface area contributed by atoms with E-state index in [1.807, 2.05) is 0 Å². The van der Waals surface area contributed by atoms with Gasteiger partial charge in [-0.2, -0.15) is 0 Å². The molecule has 76 valence electrons. The number of benzene rings is 1. The SMILES string of the molecule is CC(C)(C)Sc1ccc([N+](=O)[O-])cc1. The van der Waals surface area contributed by atoms with E-state index in [9.17, 15) is 10.1 Å². The molecular weight excluding hydrogens is 198 g/mol. The Morgan fingerprint density at radius 1 is 1.21 bits per heavy atom. The van der Waals surface area contributed by atoms with Crippen molar-refractivity contribution in [3.63, 3.8) is 0 Å². The smallest absolute Gasteiger partial charge is 0.258 e. The van der Waals surface area contributed by atoms with Crippen LogP contribution in [0.1, 0.15) is 20.8 Å². The number of nitro groups is 1. The van der Waals surface area contributed by atoms with E-state index in [1.165, 1.54) is 12.1 Å². The van der Waals surface area contributed by atoms with Crippen LogP contribution in [-0.2, 0) is 0 Å². The van der Waals surface area contributed by atoms with Crippen LogP contribution in [0.5, 0.6) is 0 Å². The Hall–Kier alpha value is -1.03. The minimum absolute atomic E-state index is 0.135. The van der Waals surface area contributed by atoms with Gasteiger partial charge in [0.05, 0.1) is 4.92 Å². The predicted octanol–water partition coefficient (Wildman–Crippen LogP) is 3.49. The maximum absolute atomic E-state index is 10.4. The summed E-state index contributed by atoms with van der Waals surface area (Å²) in [5.41, 5.74) is 0.142. The molecule has 0 radical (unpaired) electrons. The molecule has 1 aromatic carbocycles. The lowest BCUT2D eigenvalue weighted by Gasteiger charge is -2.16. The summed E-state index contributed by atoms with van der Waals surface area (Å²) in [4.78, 5) is 11.1. The largest absolute Gasteiger partial charge is 0.269 e. The first-order chi connectivity index (χ1) is 6.38. The summed E-state index contributed by atoms with van der Waals surface area (Å²) in [6.45, 7) is 6.33. The molecule has 4 heteroatoms. The number of hydrogen-bond acceptors (Lipinski definition) is 3. The number of thioether (sulfide) groups is 1. The predicted molar refractivity (Wildman–Crippen MR) is 58.7 cm³/mol. The summed E-state index contributed by atoms with van der Waals surface area (Å²) in [6, 6.07) is 6.64. The van der Waals surface area contributed by atoms with Gasteiger partial charge in [0.1, 0.15) is 0 Å². The second kappa shape index (κ2) is 4.00. The van der Waals surface area contributed by atoms with Crippen LogP contribution in [0.15, 0.2) is 29.2 Å². The normalized spacial score (nSPS) is 11.4. The van der Waals surface area contributed by atoms with E-state index in [2.05, 4.69) is 20.8 Å². The monoisotopic (exact) mass is 211 g/mol. The van der Waals surface area contributed by atoms with E-state index in [4.69, 9.17) is 0 Å². The van der Waals surface area contributed by atoms with E-state index >= 15 is 0 Å². The number of rotatable bonds is 2. The van der Waals surface area contributed by atoms with Gasteiger partial charge in [-0.05, 0) is 12.1 Å². The van der Waals surface area contributed by atoms with E-state index in [1.54, 1.807) is 23.9 Å². The quantitative estimate of drug-likeness (QED) is 0.427. The van der Waals surface area contributed by atoms with E-state index in [0.717, 1.165) is 4.90 Å². The highest BCUT2D eigenvalue weighted by Gasteiger charge is 2.12. The number of hydrogen-bond donors (Lipinski definition) is 0. The third-order valence-corrected chi connectivity index (χ3v) is 2.59. The molecule has 0 heterocycles. The van der Waals surface area contributed by atoms with Crippen molar-refractivity contribution in [1.29, 1.82) is 0 Å². The molecule has 0 spiro atoms. The van der Waals surface area contributed by atoms with Crippen molar-refractivity contribution in [2.45, 2.75) is 30.4 Å². The molecule has 0 aromatic heterocycles.